The fraction of sp³-hybridized carbons (Fsp3) is 0.400. The molecule has 1 aliphatic heterocycles. The highest BCUT2D eigenvalue weighted by molar-refractivity contribution is 5.48. The Morgan fingerprint density at radius 1 is 1.29 bits per heavy atom. The van der Waals surface area contributed by atoms with Gasteiger partial charge in [-0.05, 0) is 6.07 Å². The topological polar surface area (TPSA) is 58.9 Å². The third kappa shape index (κ3) is 1.54. The van der Waals surface area contributed by atoms with Gasteiger partial charge in [-0.15, -0.1) is 0 Å². The van der Waals surface area contributed by atoms with E-state index in [4.69, 9.17) is 14.6 Å². The number of hydrogen-bond donors (Lipinski definition) is 2. The van der Waals surface area contributed by atoms with E-state index >= 15 is 0 Å². The zero-order chi connectivity index (χ0) is 9.97. The maximum atomic E-state index is 9.50. The summed E-state index contributed by atoms with van der Waals surface area (Å²) in [6.45, 7) is 0.674. The molecule has 76 valence electrons. The second-order valence-electron chi connectivity index (χ2n) is 3.07. The summed E-state index contributed by atoms with van der Waals surface area (Å²) in [6, 6.07) is 5.26. The molecule has 1 aliphatic rings. The first-order valence-electron chi connectivity index (χ1n) is 4.50. The monoisotopic (exact) mass is 196 g/mol. The van der Waals surface area contributed by atoms with Crippen LogP contribution in [0.4, 0.5) is 0 Å². The van der Waals surface area contributed by atoms with Gasteiger partial charge in [0.1, 0.15) is 19.3 Å². The number of ether oxygens (including phenoxy) is 2. The predicted molar refractivity (Wildman–Crippen MR) is 49.5 cm³/mol. The Hall–Kier alpha value is -1.26. The Morgan fingerprint density at radius 3 is 2.86 bits per heavy atom. The molecule has 14 heavy (non-hydrogen) atoms. The summed E-state index contributed by atoms with van der Waals surface area (Å²) in [6.07, 6.45) is -0.911. The molecule has 1 aromatic carbocycles. The lowest BCUT2D eigenvalue weighted by atomic mass is 10.1. The maximum absolute atomic E-state index is 9.50. The van der Waals surface area contributed by atoms with Crippen LogP contribution in [0.1, 0.15) is 11.7 Å². The molecule has 4 heteroatoms. The molecule has 1 aromatic rings. The Morgan fingerprint density at radius 2 is 2.07 bits per heavy atom. The summed E-state index contributed by atoms with van der Waals surface area (Å²) in [4.78, 5) is 0. The number of aliphatic hydroxyl groups is 2. The van der Waals surface area contributed by atoms with Crippen molar-refractivity contribution in [1.82, 2.24) is 0 Å². The van der Waals surface area contributed by atoms with Gasteiger partial charge in [0.25, 0.3) is 0 Å². The van der Waals surface area contributed by atoms with Crippen molar-refractivity contribution in [3.05, 3.63) is 23.8 Å². The molecule has 0 fully saturated rings. The molecule has 1 unspecified atom stereocenters. The number of rotatable bonds is 2. The number of para-hydroxylation sites is 1. The van der Waals surface area contributed by atoms with E-state index in [1.807, 2.05) is 0 Å². The molecule has 0 bridgehead atoms. The van der Waals surface area contributed by atoms with Crippen LogP contribution < -0.4 is 9.47 Å². The summed E-state index contributed by atoms with van der Waals surface area (Å²) in [5.74, 6) is 1.17. The van der Waals surface area contributed by atoms with Crippen molar-refractivity contribution >= 4 is 0 Å². The highest BCUT2D eigenvalue weighted by Crippen LogP contribution is 2.36. The first-order valence-corrected chi connectivity index (χ1v) is 4.50. The van der Waals surface area contributed by atoms with Crippen molar-refractivity contribution in [3.63, 3.8) is 0 Å². The Labute approximate surface area is 81.7 Å². The van der Waals surface area contributed by atoms with E-state index in [1.54, 1.807) is 18.2 Å². The van der Waals surface area contributed by atoms with E-state index in [2.05, 4.69) is 0 Å². The number of fused-ring (bicyclic) bond motifs is 1. The van der Waals surface area contributed by atoms with Crippen LogP contribution in [0, 0.1) is 0 Å². The fourth-order valence-electron chi connectivity index (χ4n) is 1.46. The van der Waals surface area contributed by atoms with Crippen molar-refractivity contribution in [3.8, 4) is 11.5 Å². The molecule has 4 nitrogen and oxygen atoms in total. The van der Waals surface area contributed by atoms with Crippen molar-refractivity contribution in [2.24, 2.45) is 0 Å². The van der Waals surface area contributed by atoms with Gasteiger partial charge in [-0.2, -0.15) is 0 Å². The van der Waals surface area contributed by atoms with E-state index in [1.165, 1.54) is 0 Å². The van der Waals surface area contributed by atoms with Crippen molar-refractivity contribution in [2.75, 3.05) is 19.8 Å². The summed E-state index contributed by atoms with van der Waals surface area (Å²) < 4.78 is 10.7. The van der Waals surface area contributed by atoms with Crippen molar-refractivity contribution < 1.29 is 19.7 Å². The molecule has 2 N–H and O–H groups in total. The Kier molecular flexibility index (Phi) is 2.56. The maximum Gasteiger partial charge on any atom is 0.167 e. The van der Waals surface area contributed by atoms with Gasteiger partial charge in [-0.3, -0.25) is 0 Å². The number of hydrogen-bond acceptors (Lipinski definition) is 4. The SMILES string of the molecule is OCC(O)c1cccc2c1OCCO2. The molecule has 1 heterocycles. The van der Waals surface area contributed by atoms with Crippen LogP contribution in [0.15, 0.2) is 18.2 Å². The first kappa shape index (κ1) is 9.30. The highest BCUT2D eigenvalue weighted by Gasteiger charge is 2.19. The molecular formula is C10H12O4. The quantitative estimate of drug-likeness (QED) is 0.722. The summed E-state index contributed by atoms with van der Waals surface area (Å²) >= 11 is 0. The fourth-order valence-corrected chi connectivity index (χ4v) is 1.46. The second-order valence-corrected chi connectivity index (χ2v) is 3.07. The molecule has 1 atom stereocenters. The van der Waals surface area contributed by atoms with Crippen LogP contribution in [-0.2, 0) is 0 Å². The van der Waals surface area contributed by atoms with E-state index in [9.17, 15) is 5.11 Å². The van der Waals surface area contributed by atoms with E-state index < -0.39 is 6.10 Å². The zero-order valence-corrected chi connectivity index (χ0v) is 7.64. The van der Waals surface area contributed by atoms with Crippen LogP contribution in [-0.4, -0.2) is 30.0 Å². The summed E-state index contributed by atoms with van der Waals surface area (Å²) in [5, 5.41) is 18.3. The van der Waals surface area contributed by atoms with Gasteiger partial charge in [0.05, 0.1) is 6.61 Å². The lowest BCUT2D eigenvalue weighted by Gasteiger charge is -2.22. The molecule has 0 saturated heterocycles. The summed E-state index contributed by atoms with van der Waals surface area (Å²) in [7, 11) is 0. The van der Waals surface area contributed by atoms with Gasteiger partial charge in [-0.25, -0.2) is 0 Å². The molecule has 0 aliphatic carbocycles. The third-order valence-corrected chi connectivity index (χ3v) is 2.13. The Balaban J connectivity index is 2.39. The van der Waals surface area contributed by atoms with Crippen LogP contribution in [0.5, 0.6) is 11.5 Å². The lowest BCUT2D eigenvalue weighted by Crippen LogP contribution is -2.17. The van der Waals surface area contributed by atoms with E-state index in [0.717, 1.165) is 0 Å². The molecule has 0 amide bonds. The highest BCUT2D eigenvalue weighted by atomic mass is 16.6. The molecule has 0 radical (unpaired) electrons. The lowest BCUT2D eigenvalue weighted by molar-refractivity contribution is 0.0884. The van der Waals surface area contributed by atoms with Crippen LogP contribution in [0.3, 0.4) is 0 Å². The summed E-state index contributed by atoms with van der Waals surface area (Å²) in [5.41, 5.74) is 0.574. The van der Waals surface area contributed by atoms with Gasteiger partial charge < -0.3 is 19.7 Å². The van der Waals surface area contributed by atoms with Crippen LogP contribution in [0.25, 0.3) is 0 Å². The van der Waals surface area contributed by atoms with E-state index in [0.29, 0.717) is 30.3 Å². The number of benzene rings is 1. The number of aliphatic hydroxyl groups excluding tert-OH is 2. The van der Waals surface area contributed by atoms with Gasteiger partial charge in [0, 0.05) is 5.56 Å². The molecular weight excluding hydrogens is 184 g/mol. The molecule has 0 spiro atoms. The predicted octanol–water partition coefficient (Wildman–Crippen LogP) is 0.483. The van der Waals surface area contributed by atoms with Gasteiger partial charge in [-0.1, -0.05) is 12.1 Å². The third-order valence-electron chi connectivity index (χ3n) is 2.13. The van der Waals surface area contributed by atoms with E-state index in [-0.39, 0.29) is 6.61 Å². The first-order chi connectivity index (χ1) is 6.83. The molecule has 2 rings (SSSR count). The van der Waals surface area contributed by atoms with Crippen molar-refractivity contribution in [1.29, 1.82) is 0 Å². The van der Waals surface area contributed by atoms with Gasteiger partial charge in [0.15, 0.2) is 11.5 Å². The molecule has 0 aromatic heterocycles. The van der Waals surface area contributed by atoms with Crippen LogP contribution >= 0.6 is 0 Å². The van der Waals surface area contributed by atoms with Gasteiger partial charge in [0.2, 0.25) is 0 Å². The smallest absolute Gasteiger partial charge is 0.167 e. The zero-order valence-electron chi connectivity index (χ0n) is 7.64. The van der Waals surface area contributed by atoms with Crippen LogP contribution in [0.2, 0.25) is 0 Å². The molecule has 0 saturated carbocycles. The standard InChI is InChI=1S/C10H12O4/c11-6-8(12)7-2-1-3-9-10(7)14-5-4-13-9/h1-3,8,11-12H,4-6H2. The average Bonchev–Trinajstić information content (AvgIpc) is 2.27. The minimum absolute atomic E-state index is 0.320. The van der Waals surface area contributed by atoms with Gasteiger partial charge >= 0.3 is 0 Å². The average molecular weight is 196 g/mol. The normalized spacial score (nSPS) is 16.4. The second kappa shape index (κ2) is 3.86. The minimum Gasteiger partial charge on any atom is -0.486 e. The minimum atomic E-state index is -0.911. The Bertz CT molecular complexity index is 324. The van der Waals surface area contributed by atoms with Crippen molar-refractivity contribution in [2.45, 2.75) is 6.10 Å². The largest absolute Gasteiger partial charge is 0.486 e.